The zero-order valence-corrected chi connectivity index (χ0v) is 23.5. The topological polar surface area (TPSA) is 86.5 Å². The highest BCUT2D eigenvalue weighted by molar-refractivity contribution is 5.92. The van der Waals surface area contributed by atoms with Crippen LogP contribution in [0.4, 0.5) is 13.2 Å². The molecule has 0 saturated carbocycles. The summed E-state index contributed by atoms with van der Waals surface area (Å²) in [5.41, 5.74) is 2.42. The summed E-state index contributed by atoms with van der Waals surface area (Å²) in [6.07, 6.45) is -0.0181. The summed E-state index contributed by atoms with van der Waals surface area (Å²) in [7, 11) is 0. The molecule has 10 heteroatoms. The van der Waals surface area contributed by atoms with E-state index < -0.39 is 23.4 Å². The zero-order chi connectivity index (χ0) is 30.3. The fourth-order valence-corrected chi connectivity index (χ4v) is 5.20. The molecule has 2 aromatic heterocycles. The predicted octanol–water partition coefficient (Wildman–Crippen LogP) is 6.73. The number of rotatable bonds is 9. The van der Waals surface area contributed by atoms with Gasteiger partial charge in [0.2, 0.25) is 5.88 Å². The Kier molecular flexibility index (Phi) is 7.39. The highest BCUT2D eigenvalue weighted by Crippen LogP contribution is 2.33. The first-order valence-corrected chi connectivity index (χ1v) is 13.7. The second-order valence-electron chi connectivity index (χ2n) is 11.3. The third-order valence-electron chi connectivity index (χ3n) is 7.58. The molecule has 0 bridgehead atoms. The van der Waals surface area contributed by atoms with Gasteiger partial charge in [-0.15, -0.1) is 0 Å². The van der Waals surface area contributed by atoms with Crippen LogP contribution in [0.15, 0.2) is 66.7 Å². The lowest BCUT2D eigenvalue weighted by atomic mass is 9.88. The van der Waals surface area contributed by atoms with Gasteiger partial charge in [-0.2, -0.15) is 0 Å². The fraction of sp³-hybridized carbons (Fsp3) is 0.242. The smallest absolute Gasteiger partial charge is 0.335 e. The van der Waals surface area contributed by atoms with E-state index in [9.17, 15) is 14.3 Å². The maximum Gasteiger partial charge on any atom is 0.335 e. The van der Waals surface area contributed by atoms with E-state index in [-0.39, 0.29) is 46.7 Å². The monoisotopic (exact) mass is 587 g/mol. The molecule has 0 radical (unpaired) electrons. The molecular weight excluding hydrogens is 559 g/mol. The highest BCUT2D eigenvalue weighted by Gasteiger charge is 2.35. The Balaban J connectivity index is 1.28. The van der Waals surface area contributed by atoms with Gasteiger partial charge in [-0.05, 0) is 60.5 Å². The molecule has 1 aliphatic heterocycles. The van der Waals surface area contributed by atoms with Crippen molar-refractivity contribution in [1.82, 2.24) is 14.5 Å². The van der Waals surface area contributed by atoms with Crippen molar-refractivity contribution in [2.24, 2.45) is 5.41 Å². The van der Waals surface area contributed by atoms with Crippen LogP contribution in [0.2, 0.25) is 0 Å². The maximum atomic E-state index is 15.5. The van der Waals surface area contributed by atoms with Crippen LogP contribution in [0.25, 0.3) is 22.3 Å². The van der Waals surface area contributed by atoms with Gasteiger partial charge in [-0.1, -0.05) is 25.1 Å². The first kappa shape index (κ1) is 28.4. The third kappa shape index (κ3) is 5.83. The van der Waals surface area contributed by atoms with Crippen molar-refractivity contribution in [3.05, 3.63) is 112 Å². The molecule has 0 spiro atoms. The van der Waals surface area contributed by atoms with Gasteiger partial charge in [0, 0.05) is 35.6 Å². The predicted molar refractivity (Wildman–Crippen MR) is 153 cm³/mol. The summed E-state index contributed by atoms with van der Waals surface area (Å²) in [5, 5.41) is 9.50. The summed E-state index contributed by atoms with van der Waals surface area (Å²) in [6.45, 7) is 5.29. The molecule has 1 fully saturated rings. The molecule has 3 heterocycles. The van der Waals surface area contributed by atoms with Crippen molar-refractivity contribution in [3.63, 3.8) is 0 Å². The number of nitrogens with zero attached hydrogens (tertiary/aromatic N) is 3. The normalized spacial score (nSPS) is 14.1. The van der Waals surface area contributed by atoms with E-state index in [2.05, 4.69) is 9.97 Å². The number of hydrogen-bond donors (Lipinski definition) is 1. The van der Waals surface area contributed by atoms with Crippen LogP contribution in [0, 0.1) is 29.8 Å². The van der Waals surface area contributed by atoms with Gasteiger partial charge in [-0.25, -0.2) is 27.9 Å². The molecular formula is C33H28F3N3O4. The van der Waals surface area contributed by atoms with Crippen LogP contribution < -0.4 is 4.74 Å². The molecule has 0 atom stereocenters. The number of benzene rings is 3. The Bertz CT molecular complexity index is 1870. The number of ether oxygens (including phenoxy) is 2. The van der Waals surface area contributed by atoms with E-state index in [1.165, 1.54) is 18.2 Å². The van der Waals surface area contributed by atoms with Crippen molar-refractivity contribution >= 4 is 17.0 Å². The van der Waals surface area contributed by atoms with Crippen LogP contribution in [0.1, 0.15) is 39.8 Å². The van der Waals surface area contributed by atoms with Crippen LogP contribution in [-0.4, -0.2) is 38.8 Å². The molecule has 1 N–H and O–H groups in total. The molecule has 1 saturated heterocycles. The third-order valence-corrected chi connectivity index (χ3v) is 7.58. The summed E-state index contributed by atoms with van der Waals surface area (Å²) in [4.78, 5) is 20.6. The molecule has 0 amide bonds. The number of aryl methyl sites for hydroxylation is 1. The van der Waals surface area contributed by atoms with E-state index >= 15 is 8.78 Å². The molecule has 1 aliphatic rings. The minimum Gasteiger partial charge on any atom is -0.478 e. The number of pyridine rings is 1. The number of imidazole rings is 1. The molecule has 5 aromatic rings. The Labute approximate surface area is 245 Å². The van der Waals surface area contributed by atoms with Gasteiger partial charge in [0.05, 0.1) is 35.5 Å². The number of halogens is 3. The highest BCUT2D eigenvalue weighted by atomic mass is 19.1. The van der Waals surface area contributed by atoms with Gasteiger partial charge in [-0.3, -0.25) is 0 Å². The van der Waals surface area contributed by atoms with Crippen molar-refractivity contribution in [2.45, 2.75) is 33.4 Å². The number of hydrogen-bond acceptors (Lipinski definition) is 5. The average molecular weight is 588 g/mol. The summed E-state index contributed by atoms with van der Waals surface area (Å²) < 4.78 is 58.1. The van der Waals surface area contributed by atoms with Crippen molar-refractivity contribution < 1.29 is 32.5 Å². The maximum absolute atomic E-state index is 15.5. The van der Waals surface area contributed by atoms with E-state index in [1.54, 1.807) is 43.3 Å². The molecule has 3 aromatic carbocycles. The summed E-state index contributed by atoms with van der Waals surface area (Å²) in [5.74, 6) is -2.16. The molecule has 220 valence electrons. The van der Waals surface area contributed by atoms with Gasteiger partial charge in [0.1, 0.15) is 29.9 Å². The molecule has 43 heavy (non-hydrogen) atoms. The minimum atomic E-state index is -1.07. The van der Waals surface area contributed by atoms with Crippen molar-refractivity contribution in [2.75, 3.05) is 13.2 Å². The Morgan fingerprint density at radius 3 is 2.49 bits per heavy atom. The number of aromatic carboxylic acids is 1. The summed E-state index contributed by atoms with van der Waals surface area (Å²) in [6, 6.07) is 16.4. The second kappa shape index (κ2) is 11.2. The first-order chi connectivity index (χ1) is 20.6. The lowest BCUT2D eigenvalue weighted by Crippen LogP contribution is -2.43. The van der Waals surface area contributed by atoms with Crippen LogP contribution >= 0.6 is 0 Å². The van der Waals surface area contributed by atoms with Gasteiger partial charge in [0.25, 0.3) is 0 Å². The fourth-order valence-electron chi connectivity index (χ4n) is 5.20. The average Bonchev–Trinajstić information content (AvgIpc) is 3.29. The van der Waals surface area contributed by atoms with Gasteiger partial charge in [0.15, 0.2) is 0 Å². The molecule has 6 rings (SSSR count). The number of carbonyl (C=O) groups is 1. The second-order valence-corrected chi connectivity index (χ2v) is 11.3. The lowest BCUT2D eigenvalue weighted by molar-refractivity contribution is -0.109. The Morgan fingerprint density at radius 2 is 1.77 bits per heavy atom. The van der Waals surface area contributed by atoms with E-state index in [1.807, 2.05) is 11.5 Å². The van der Waals surface area contributed by atoms with E-state index in [0.29, 0.717) is 42.2 Å². The van der Waals surface area contributed by atoms with Crippen molar-refractivity contribution in [1.29, 1.82) is 0 Å². The largest absolute Gasteiger partial charge is 0.478 e. The molecule has 0 aliphatic carbocycles. The Morgan fingerprint density at radius 1 is 0.977 bits per heavy atom. The quantitative estimate of drug-likeness (QED) is 0.206. The Hall–Kier alpha value is -4.70. The molecule has 7 nitrogen and oxygen atoms in total. The summed E-state index contributed by atoms with van der Waals surface area (Å²) >= 11 is 0. The zero-order valence-electron chi connectivity index (χ0n) is 23.5. The number of aromatic nitrogens is 3. The SMILES string of the molecule is Cc1ccc(COc2cccc(-c3cc(F)c(Cc4nc5ccc(C(=O)O)cc5n4CC4(C)COC4)cc3F)n2)c(F)c1. The standard InChI is InChI=1S/C33H28F3N3O4/c1-19-6-7-21(24(34)10-19)15-43-31-5-3-4-27(38-31)23-14-25(35)22(11-26(23)36)13-30-37-28-9-8-20(32(40)41)12-29(28)39(30)16-33(2)17-42-18-33/h3-12,14H,13,15-18H2,1-2H3,(H,40,41). The van der Waals surface area contributed by atoms with E-state index in [0.717, 1.165) is 17.7 Å². The van der Waals surface area contributed by atoms with Crippen LogP contribution in [-0.2, 0) is 24.3 Å². The minimum absolute atomic E-state index is 0.0181. The van der Waals surface area contributed by atoms with Gasteiger partial charge < -0.3 is 19.1 Å². The van der Waals surface area contributed by atoms with Gasteiger partial charge >= 0.3 is 5.97 Å². The number of fused-ring (bicyclic) bond motifs is 1. The lowest BCUT2D eigenvalue weighted by Gasteiger charge is -2.38. The number of carboxylic acids is 1. The number of carboxylic acid groups (broad SMARTS) is 1. The van der Waals surface area contributed by atoms with E-state index in [4.69, 9.17) is 9.47 Å². The van der Waals surface area contributed by atoms with Crippen LogP contribution in [0.3, 0.4) is 0 Å². The first-order valence-electron chi connectivity index (χ1n) is 13.7. The van der Waals surface area contributed by atoms with Crippen molar-refractivity contribution in [3.8, 4) is 17.1 Å². The molecule has 0 unspecified atom stereocenters. The van der Waals surface area contributed by atoms with Crippen LogP contribution in [0.5, 0.6) is 5.88 Å².